The first kappa shape index (κ1) is 13.2. The van der Waals surface area contributed by atoms with Crippen LogP contribution in [0.1, 0.15) is 6.42 Å². The van der Waals surface area contributed by atoms with E-state index in [0.717, 1.165) is 0 Å². The molecule has 1 aliphatic rings. The number of nitrogens with two attached hydrogens (primary N) is 1. The number of aliphatic carboxylic acids is 1. The van der Waals surface area contributed by atoms with Crippen LogP contribution in [0.15, 0.2) is 0 Å². The van der Waals surface area contributed by atoms with E-state index in [4.69, 9.17) is 15.6 Å². The molecule has 1 saturated heterocycles. The maximum absolute atomic E-state index is 11.3. The van der Waals surface area contributed by atoms with Gasteiger partial charge in [-0.3, -0.25) is 9.59 Å². The van der Waals surface area contributed by atoms with Crippen molar-refractivity contribution in [1.82, 2.24) is 10.6 Å². The number of amides is 3. The summed E-state index contributed by atoms with van der Waals surface area (Å²) in [6.45, 7) is 0.369. The third kappa shape index (κ3) is 4.27. The Morgan fingerprint density at radius 2 is 2.06 bits per heavy atom. The predicted octanol–water partition coefficient (Wildman–Crippen LogP) is -1.74. The fraction of sp³-hybridized carbons (Fsp3) is 0.667. The van der Waals surface area contributed by atoms with Gasteiger partial charge in [0.15, 0.2) is 0 Å². The maximum Gasteiger partial charge on any atom is 0.315 e. The zero-order valence-corrected chi connectivity index (χ0v) is 9.14. The van der Waals surface area contributed by atoms with Gasteiger partial charge in [0.1, 0.15) is 5.92 Å². The van der Waals surface area contributed by atoms with E-state index in [1.54, 1.807) is 0 Å². The van der Waals surface area contributed by atoms with Gasteiger partial charge in [-0.25, -0.2) is 4.79 Å². The molecule has 0 spiro atoms. The Labute approximate surface area is 97.5 Å². The van der Waals surface area contributed by atoms with E-state index in [0.29, 0.717) is 0 Å². The highest BCUT2D eigenvalue weighted by Gasteiger charge is 2.34. The molecule has 0 aliphatic carbocycles. The number of hydrogen-bond acceptors (Lipinski definition) is 4. The molecule has 1 heterocycles. The Bertz CT molecular complexity index is 320. The Balaban J connectivity index is 2.30. The number of ether oxygens (including phenoxy) is 1. The molecule has 8 nitrogen and oxygen atoms in total. The van der Waals surface area contributed by atoms with Crippen molar-refractivity contribution in [2.75, 3.05) is 19.8 Å². The summed E-state index contributed by atoms with van der Waals surface area (Å²) in [5.74, 6) is -2.26. The van der Waals surface area contributed by atoms with E-state index in [-0.39, 0.29) is 26.2 Å². The molecule has 0 radical (unpaired) electrons. The highest BCUT2D eigenvalue weighted by molar-refractivity contribution is 5.78. The first-order chi connectivity index (χ1) is 8.00. The molecule has 5 N–H and O–H groups in total. The average molecular weight is 245 g/mol. The second-order valence-electron chi connectivity index (χ2n) is 3.71. The van der Waals surface area contributed by atoms with Gasteiger partial charge in [-0.2, -0.15) is 0 Å². The van der Waals surface area contributed by atoms with Gasteiger partial charge in [-0.1, -0.05) is 0 Å². The molecule has 2 unspecified atom stereocenters. The van der Waals surface area contributed by atoms with Crippen LogP contribution in [0.3, 0.4) is 0 Å². The Morgan fingerprint density at radius 1 is 1.35 bits per heavy atom. The van der Waals surface area contributed by atoms with Crippen molar-refractivity contribution in [3.05, 3.63) is 0 Å². The molecule has 0 saturated carbocycles. The van der Waals surface area contributed by atoms with Crippen LogP contribution < -0.4 is 16.4 Å². The summed E-state index contributed by atoms with van der Waals surface area (Å²) < 4.78 is 4.98. The standard InChI is InChI=1S/C9H15N3O5/c10-7(13)1-2-11-9(16)12-6-4-17-3-5(6)8(14)15/h5-6H,1-4H2,(H2,10,13)(H,14,15)(H2,11,12,16). The number of carboxylic acid groups (broad SMARTS) is 1. The van der Waals surface area contributed by atoms with Gasteiger partial charge in [0, 0.05) is 13.0 Å². The number of carbonyl (C=O) groups is 3. The van der Waals surface area contributed by atoms with Crippen LogP contribution in [-0.4, -0.2) is 48.8 Å². The average Bonchev–Trinajstić information content (AvgIpc) is 2.65. The lowest BCUT2D eigenvalue weighted by molar-refractivity contribution is -0.142. The largest absolute Gasteiger partial charge is 0.481 e. The van der Waals surface area contributed by atoms with Crippen LogP contribution in [0.2, 0.25) is 0 Å². The van der Waals surface area contributed by atoms with Gasteiger partial charge in [-0.05, 0) is 0 Å². The molecule has 8 heteroatoms. The Hall–Kier alpha value is -1.83. The maximum atomic E-state index is 11.3. The zero-order valence-electron chi connectivity index (χ0n) is 9.14. The molecule has 2 atom stereocenters. The minimum absolute atomic E-state index is 0.0386. The van der Waals surface area contributed by atoms with Crippen LogP contribution in [-0.2, 0) is 14.3 Å². The molecule has 1 aliphatic heterocycles. The summed E-state index contributed by atoms with van der Waals surface area (Å²) in [6, 6.07) is -1.09. The molecular formula is C9H15N3O5. The molecule has 0 bridgehead atoms. The molecule has 0 aromatic carbocycles. The molecule has 1 rings (SSSR count). The summed E-state index contributed by atoms with van der Waals surface area (Å²) in [7, 11) is 0. The third-order valence-electron chi connectivity index (χ3n) is 2.37. The fourth-order valence-corrected chi connectivity index (χ4v) is 1.46. The zero-order chi connectivity index (χ0) is 12.8. The summed E-state index contributed by atoms with van der Waals surface area (Å²) in [6.07, 6.45) is 0.0386. The number of urea groups is 1. The summed E-state index contributed by atoms with van der Waals surface area (Å²) in [5, 5.41) is 13.7. The summed E-state index contributed by atoms with van der Waals surface area (Å²) >= 11 is 0. The molecule has 96 valence electrons. The summed E-state index contributed by atoms with van der Waals surface area (Å²) in [4.78, 5) is 32.5. The van der Waals surface area contributed by atoms with Gasteiger partial charge in [-0.15, -0.1) is 0 Å². The molecule has 0 aromatic heterocycles. The second kappa shape index (κ2) is 6.04. The number of carbonyl (C=O) groups excluding carboxylic acids is 2. The summed E-state index contributed by atoms with van der Waals surface area (Å²) in [5.41, 5.74) is 4.90. The highest BCUT2D eigenvalue weighted by atomic mass is 16.5. The van der Waals surface area contributed by atoms with E-state index in [1.165, 1.54) is 0 Å². The molecule has 17 heavy (non-hydrogen) atoms. The molecular weight excluding hydrogens is 230 g/mol. The number of primary amides is 1. The van der Waals surface area contributed by atoms with Crippen molar-refractivity contribution in [1.29, 1.82) is 0 Å². The van der Waals surface area contributed by atoms with Gasteiger partial charge in [0.25, 0.3) is 0 Å². The predicted molar refractivity (Wildman–Crippen MR) is 56.1 cm³/mol. The molecule has 0 aromatic rings. The van der Waals surface area contributed by atoms with Crippen LogP contribution in [0, 0.1) is 5.92 Å². The lowest BCUT2D eigenvalue weighted by atomic mass is 10.0. The number of nitrogens with one attached hydrogen (secondary N) is 2. The van der Waals surface area contributed by atoms with Crippen LogP contribution in [0.4, 0.5) is 4.79 Å². The van der Waals surface area contributed by atoms with Crippen LogP contribution >= 0.6 is 0 Å². The smallest absolute Gasteiger partial charge is 0.315 e. The van der Waals surface area contributed by atoms with E-state index in [1.807, 2.05) is 0 Å². The second-order valence-corrected chi connectivity index (χ2v) is 3.71. The normalized spacial score (nSPS) is 23.1. The van der Waals surface area contributed by atoms with Crippen molar-refractivity contribution >= 4 is 17.9 Å². The lowest BCUT2D eigenvalue weighted by Crippen LogP contribution is -2.47. The first-order valence-corrected chi connectivity index (χ1v) is 5.14. The topological polar surface area (TPSA) is 131 Å². The van der Waals surface area contributed by atoms with Gasteiger partial charge in [0.2, 0.25) is 5.91 Å². The van der Waals surface area contributed by atoms with Crippen LogP contribution in [0.5, 0.6) is 0 Å². The van der Waals surface area contributed by atoms with Crippen LogP contribution in [0.25, 0.3) is 0 Å². The van der Waals surface area contributed by atoms with Crippen molar-refractivity contribution < 1.29 is 24.2 Å². The van der Waals surface area contributed by atoms with E-state index < -0.39 is 29.9 Å². The number of carboxylic acids is 1. The Kier molecular flexibility index (Phi) is 4.70. The fourth-order valence-electron chi connectivity index (χ4n) is 1.46. The first-order valence-electron chi connectivity index (χ1n) is 5.14. The quantitative estimate of drug-likeness (QED) is 0.456. The van der Waals surface area contributed by atoms with E-state index in [9.17, 15) is 14.4 Å². The third-order valence-corrected chi connectivity index (χ3v) is 2.37. The van der Waals surface area contributed by atoms with Crippen molar-refractivity contribution in [3.63, 3.8) is 0 Å². The Morgan fingerprint density at radius 3 is 2.65 bits per heavy atom. The number of hydrogen-bond donors (Lipinski definition) is 4. The van der Waals surface area contributed by atoms with E-state index in [2.05, 4.69) is 10.6 Å². The molecule has 1 fully saturated rings. The van der Waals surface area contributed by atoms with Gasteiger partial charge in [0.05, 0.1) is 19.3 Å². The lowest BCUT2D eigenvalue weighted by Gasteiger charge is -2.15. The van der Waals surface area contributed by atoms with Gasteiger partial charge < -0.3 is 26.2 Å². The molecule has 3 amide bonds. The van der Waals surface area contributed by atoms with Gasteiger partial charge >= 0.3 is 12.0 Å². The number of rotatable bonds is 5. The van der Waals surface area contributed by atoms with E-state index >= 15 is 0 Å². The van der Waals surface area contributed by atoms with Crippen molar-refractivity contribution in [2.45, 2.75) is 12.5 Å². The minimum atomic E-state index is -1.01. The highest BCUT2D eigenvalue weighted by Crippen LogP contribution is 2.13. The van der Waals surface area contributed by atoms with Crippen molar-refractivity contribution in [2.24, 2.45) is 11.7 Å². The van der Waals surface area contributed by atoms with Crippen molar-refractivity contribution in [3.8, 4) is 0 Å². The monoisotopic (exact) mass is 245 g/mol. The SMILES string of the molecule is NC(=O)CCNC(=O)NC1COCC1C(=O)O. The minimum Gasteiger partial charge on any atom is -0.481 e.